The summed E-state index contributed by atoms with van der Waals surface area (Å²) >= 11 is 9.42. The highest BCUT2D eigenvalue weighted by Gasteiger charge is 2.33. The molecular weight excluding hydrogens is 630 g/mol. The zero-order chi connectivity index (χ0) is 30.2. The van der Waals surface area contributed by atoms with Crippen molar-refractivity contribution in [2.24, 2.45) is 0 Å². The molecular formula is C30H35BrClN3O5S. The number of nitrogens with one attached hydrogen (secondary N) is 1. The predicted molar refractivity (Wildman–Crippen MR) is 166 cm³/mol. The Morgan fingerprint density at radius 1 is 1.02 bits per heavy atom. The summed E-state index contributed by atoms with van der Waals surface area (Å²) in [7, 11) is -2.72. The van der Waals surface area contributed by atoms with Gasteiger partial charge >= 0.3 is 0 Å². The van der Waals surface area contributed by atoms with Crippen LogP contribution in [0.25, 0.3) is 0 Å². The molecule has 3 aromatic rings. The van der Waals surface area contributed by atoms with E-state index in [0.717, 1.165) is 21.9 Å². The van der Waals surface area contributed by atoms with E-state index in [1.54, 1.807) is 54.6 Å². The minimum Gasteiger partial charge on any atom is -0.496 e. The zero-order valence-electron chi connectivity index (χ0n) is 23.6. The Hall–Kier alpha value is -3.08. The van der Waals surface area contributed by atoms with Crippen molar-refractivity contribution in [3.8, 4) is 5.75 Å². The van der Waals surface area contributed by atoms with Gasteiger partial charge in [-0.3, -0.25) is 13.9 Å². The number of anilines is 1. The second kappa shape index (κ2) is 14.7. The second-order valence-corrected chi connectivity index (χ2v) is 12.7. The number of nitrogens with zero attached hydrogens (tertiary/aromatic N) is 2. The normalized spacial score (nSPS) is 12.0. The molecule has 11 heteroatoms. The number of aryl methyl sites for hydroxylation is 1. The highest BCUT2D eigenvalue weighted by Crippen LogP contribution is 2.31. The number of carbonyl (C=O) groups excluding carboxylic acids is 2. The Balaban J connectivity index is 2.06. The van der Waals surface area contributed by atoms with Crippen molar-refractivity contribution in [2.75, 3.05) is 24.5 Å². The van der Waals surface area contributed by atoms with Gasteiger partial charge in [-0.1, -0.05) is 55.3 Å². The highest BCUT2D eigenvalue weighted by molar-refractivity contribution is 9.10. The second-order valence-electron chi connectivity index (χ2n) is 9.51. The van der Waals surface area contributed by atoms with E-state index in [0.29, 0.717) is 33.9 Å². The van der Waals surface area contributed by atoms with Crippen LogP contribution in [-0.4, -0.2) is 51.4 Å². The van der Waals surface area contributed by atoms with Crippen molar-refractivity contribution in [3.63, 3.8) is 0 Å². The van der Waals surface area contributed by atoms with E-state index in [-0.39, 0.29) is 17.3 Å². The van der Waals surface area contributed by atoms with Crippen molar-refractivity contribution >= 4 is 55.1 Å². The number of sulfonamides is 1. The van der Waals surface area contributed by atoms with E-state index in [9.17, 15) is 18.0 Å². The van der Waals surface area contributed by atoms with Gasteiger partial charge < -0.3 is 15.0 Å². The van der Waals surface area contributed by atoms with E-state index >= 15 is 0 Å². The van der Waals surface area contributed by atoms with Gasteiger partial charge in [-0.2, -0.15) is 0 Å². The zero-order valence-corrected chi connectivity index (χ0v) is 26.7. The highest BCUT2D eigenvalue weighted by atomic mass is 79.9. The fourth-order valence-electron chi connectivity index (χ4n) is 4.25. The molecule has 0 aliphatic heterocycles. The molecule has 0 saturated heterocycles. The summed E-state index contributed by atoms with van der Waals surface area (Å²) in [5, 5.41) is 3.42. The lowest BCUT2D eigenvalue weighted by Crippen LogP contribution is -2.52. The summed E-state index contributed by atoms with van der Waals surface area (Å²) in [5.41, 5.74) is 2.02. The van der Waals surface area contributed by atoms with E-state index in [1.807, 2.05) is 20.8 Å². The summed E-state index contributed by atoms with van der Waals surface area (Å²) in [6.07, 6.45) is 1.09. The lowest BCUT2D eigenvalue weighted by atomic mass is 10.1. The average Bonchev–Trinajstić information content (AvgIpc) is 2.96. The van der Waals surface area contributed by atoms with Crippen molar-refractivity contribution in [3.05, 3.63) is 87.4 Å². The van der Waals surface area contributed by atoms with Crippen LogP contribution in [0, 0.1) is 6.92 Å². The first-order chi connectivity index (χ1) is 19.5. The number of rotatable bonds is 13. The van der Waals surface area contributed by atoms with Gasteiger partial charge in [0.1, 0.15) is 18.3 Å². The Morgan fingerprint density at radius 3 is 2.24 bits per heavy atom. The first-order valence-electron chi connectivity index (χ1n) is 13.3. The third kappa shape index (κ3) is 8.24. The molecule has 8 nitrogen and oxygen atoms in total. The minimum atomic E-state index is -4.21. The number of amides is 2. The van der Waals surface area contributed by atoms with Crippen molar-refractivity contribution < 1.29 is 22.7 Å². The molecule has 0 aliphatic rings. The Bertz CT molecular complexity index is 1450. The molecule has 0 aromatic heterocycles. The largest absolute Gasteiger partial charge is 0.496 e. The number of hydrogen-bond donors (Lipinski definition) is 1. The van der Waals surface area contributed by atoms with Gasteiger partial charge in [0.15, 0.2) is 0 Å². The molecule has 0 spiro atoms. The molecule has 41 heavy (non-hydrogen) atoms. The number of halogens is 2. The van der Waals surface area contributed by atoms with Gasteiger partial charge in [0.25, 0.3) is 10.0 Å². The molecule has 1 atom stereocenters. The maximum atomic E-state index is 14.1. The SMILES string of the molecule is CCCNC(=O)C(CC)N(Cc1ccc(Cl)cc1)C(=O)CN(c1ccc(C)cc1)S(=O)(=O)c1ccc(OC)c(Br)c1. The number of benzene rings is 3. The van der Waals surface area contributed by atoms with Crippen LogP contribution in [0.4, 0.5) is 5.69 Å². The van der Waals surface area contributed by atoms with Crippen LogP contribution in [0.2, 0.25) is 5.02 Å². The molecule has 1 N–H and O–H groups in total. The number of carbonyl (C=O) groups is 2. The summed E-state index contributed by atoms with van der Waals surface area (Å²) in [4.78, 5) is 28.7. The molecule has 2 amide bonds. The van der Waals surface area contributed by atoms with Crippen molar-refractivity contribution in [1.82, 2.24) is 10.2 Å². The molecule has 0 aliphatic carbocycles. The van der Waals surface area contributed by atoms with Crippen molar-refractivity contribution in [2.45, 2.75) is 51.1 Å². The Morgan fingerprint density at radius 2 is 1.68 bits per heavy atom. The fourth-order valence-corrected chi connectivity index (χ4v) is 6.51. The smallest absolute Gasteiger partial charge is 0.264 e. The quantitative estimate of drug-likeness (QED) is 0.244. The molecule has 0 heterocycles. The number of ether oxygens (including phenoxy) is 1. The van der Waals surface area contributed by atoms with Crippen LogP contribution in [0.5, 0.6) is 5.75 Å². The lowest BCUT2D eigenvalue weighted by Gasteiger charge is -2.33. The van der Waals surface area contributed by atoms with E-state index < -0.39 is 28.5 Å². The van der Waals surface area contributed by atoms with E-state index in [2.05, 4.69) is 21.2 Å². The summed E-state index contributed by atoms with van der Waals surface area (Å²) in [6.45, 7) is 5.71. The Labute approximate surface area is 255 Å². The van der Waals surface area contributed by atoms with Gasteiger partial charge in [-0.15, -0.1) is 0 Å². The Kier molecular flexibility index (Phi) is 11.6. The number of methoxy groups -OCH3 is 1. The van der Waals surface area contributed by atoms with Crippen LogP contribution < -0.4 is 14.4 Å². The van der Waals surface area contributed by atoms with Gasteiger partial charge in [0.05, 0.1) is 22.2 Å². The van der Waals surface area contributed by atoms with Crippen LogP contribution >= 0.6 is 27.5 Å². The third-order valence-corrected chi connectivity index (χ3v) is 9.15. The van der Waals surface area contributed by atoms with Crippen LogP contribution in [-0.2, 0) is 26.2 Å². The lowest BCUT2D eigenvalue weighted by molar-refractivity contribution is -0.140. The summed E-state index contributed by atoms with van der Waals surface area (Å²) in [6, 6.07) is 17.5. The van der Waals surface area contributed by atoms with Gasteiger partial charge in [0.2, 0.25) is 11.8 Å². The van der Waals surface area contributed by atoms with Gasteiger partial charge in [0, 0.05) is 18.1 Å². The van der Waals surface area contributed by atoms with Crippen molar-refractivity contribution in [1.29, 1.82) is 0 Å². The maximum Gasteiger partial charge on any atom is 0.264 e. The topological polar surface area (TPSA) is 96.0 Å². The first-order valence-corrected chi connectivity index (χ1v) is 15.9. The molecule has 0 radical (unpaired) electrons. The minimum absolute atomic E-state index is 0.0180. The molecule has 3 rings (SSSR count). The van der Waals surface area contributed by atoms with Crippen LogP contribution in [0.3, 0.4) is 0 Å². The maximum absolute atomic E-state index is 14.1. The predicted octanol–water partition coefficient (Wildman–Crippen LogP) is 5.95. The van der Waals surface area contributed by atoms with E-state index in [4.69, 9.17) is 16.3 Å². The fraction of sp³-hybridized carbons (Fsp3) is 0.333. The molecule has 0 bridgehead atoms. The monoisotopic (exact) mass is 663 g/mol. The molecule has 220 valence electrons. The van der Waals surface area contributed by atoms with Gasteiger partial charge in [-0.25, -0.2) is 8.42 Å². The summed E-state index contributed by atoms with van der Waals surface area (Å²) < 4.78 is 34.9. The molecule has 3 aromatic carbocycles. The van der Waals surface area contributed by atoms with Crippen LogP contribution in [0.15, 0.2) is 76.1 Å². The third-order valence-electron chi connectivity index (χ3n) is 6.51. The van der Waals surface area contributed by atoms with E-state index in [1.165, 1.54) is 24.1 Å². The standard InChI is InChI=1S/C30H35BrClN3O5S/c1-5-17-33-30(37)27(6-2)34(19-22-9-11-23(32)12-10-22)29(36)20-35(24-13-7-21(3)8-14-24)41(38,39)25-15-16-28(40-4)26(31)18-25/h7-16,18,27H,5-6,17,19-20H2,1-4H3,(H,33,37). The average molecular weight is 665 g/mol. The van der Waals surface area contributed by atoms with Crippen LogP contribution in [0.1, 0.15) is 37.8 Å². The first kappa shape index (κ1) is 32.4. The van der Waals surface area contributed by atoms with Gasteiger partial charge in [-0.05, 0) is 83.7 Å². The molecule has 0 fully saturated rings. The summed E-state index contributed by atoms with van der Waals surface area (Å²) in [5.74, 6) is -0.337. The number of hydrogen-bond acceptors (Lipinski definition) is 5. The molecule has 0 saturated carbocycles. The molecule has 1 unspecified atom stereocenters.